The Labute approximate surface area is 239 Å². The molecule has 0 aromatic heterocycles. The van der Waals surface area contributed by atoms with Crippen molar-refractivity contribution in [3.05, 3.63) is 29.8 Å². The minimum atomic E-state index is -5.08. The number of methoxy groups -OCH3 is 2. The number of hydrogen-bond donors (Lipinski definition) is 2. The van der Waals surface area contributed by atoms with Crippen molar-refractivity contribution in [2.75, 3.05) is 60.2 Å². The molecule has 2 N–H and O–H groups in total. The van der Waals surface area contributed by atoms with Gasteiger partial charge in [0.15, 0.2) is 0 Å². The van der Waals surface area contributed by atoms with E-state index in [-0.39, 0.29) is 11.4 Å². The number of halogens is 6. The van der Waals surface area contributed by atoms with Crippen LogP contribution < -0.4 is 4.74 Å². The normalized spacial score (nSPS) is 21.0. The highest BCUT2D eigenvalue weighted by Gasteiger charge is 2.53. The maximum atomic E-state index is 13.0. The van der Waals surface area contributed by atoms with Crippen LogP contribution in [0.5, 0.6) is 5.75 Å². The molecule has 1 aromatic carbocycles. The highest BCUT2D eigenvalue weighted by molar-refractivity contribution is 5.78. The zero-order chi connectivity index (χ0) is 32.1. The number of carbonyl (C=O) groups is 3. The third kappa shape index (κ3) is 11.6. The Hall–Kier alpha value is -3.11. The van der Waals surface area contributed by atoms with Crippen molar-refractivity contribution in [3.8, 4) is 5.75 Å². The number of benzene rings is 1. The van der Waals surface area contributed by atoms with Crippen molar-refractivity contribution in [2.45, 2.75) is 38.7 Å². The number of fused-ring (bicyclic) bond motifs is 1. The Kier molecular flexibility index (Phi) is 14.5. The summed E-state index contributed by atoms with van der Waals surface area (Å²) in [7, 11) is 3.42. The summed E-state index contributed by atoms with van der Waals surface area (Å²) < 4.78 is 79.5. The van der Waals surface area contributed by atoms with Gasteiger partial charge < -0.3 is 24.4 Å². The van der Waals surface area contributed by atoms with Crippen LogP contribution in [0.1, 0.15) is 25.3 Å². The van der Waals surface area contributed by atoms with Crippen molar-refractivity contribution in [1.29, 1.82) is 0 Å². The average Bonchev–Trinajstić information content (AvgIpc) is 3.16. The molecule has 0 saturated carbocycles. The largest absolute Gasteiger partial charge is 0.497 e. The predicted octanol–water partition coefficient (Wildman–Crippen LogP) is 3.69. The first-order valence-electron chi connectivity index (χ1n) is 12.8. The molecule has 16 heteroatoms. The number of ether oxygens (including phenoxy) is 3. The maximum absolute atomic E-state index is 13.0. The van der Waals surface area contributed by atoms with Gasteiger partial charge in [0.1, 0.15) is 5.75 Å². The Morgan fingerprint density at radius 1 is 0.952 bits per heavy atom. The third-order valence-corrected chi connectivity index (χ3v) is 6.69. The number of aliphatic carboxylic acids is 2. The molecule has 2 saturated heterocycles. The fourth-order valence-electron chi connectivity index (χ4n) is 4.75. The number of alkyl halides is 6. The van der Waals surface area contributed by atoms with Crippen LogP contribution in [0, 0.1) is 11.3 Å². The molecule has 42 heavy (non-hydrogen) atoms. The van der Waals surface area contributed by atoms with Gasteiger partial charge in [-0.3, -0.25) is 14.6 Å². The molecule has 2 aliphatic heterocycles. The van der Waals surface area contributed by atoms with Crippen LogP contribution >= 0.6 is 0 Å². The lowest BCUT2D eigenvalue weighted by Gasteiger charge is -2.31. The van der Waals surface area contributed by atoms with Crippen molar-refractivity contribution < 1.29 is 65.1 Å². The summed E-state index contributed by atoms with van der Waals surface area (Å²) in [6, 6.07) is 8.28. The highest BCUT2D eigenvalue weighted by Crippen LogP contribution is 2.44. The number of esters is 1. The van der Waals surface area contributed by atoms with E-state index in [1.54, 1.807) is 14.2 Å². The summed E-state index contributed by atoms with van der Waals surface area (Å²) in [5.41, 5.74) is 0.900. The second kappa shape index (κ2) is 16.5. The monoisotopic (exact) mass is 618 g/mol. The molecule has 10 nitrogen and oxygen atoms in total. The van der Waals surface area contributed by atoms with Gasteiger partial charge in [-0.25, -0.2) is 9.59 Å². The minimum absolute atomic E-state index is 0.00813. The van der Waals surface area contributed by atoms with E-state index < -0.39 is 24.3 Å². The predicted molar refractivity (Wildman–Crippen MR) is 136 cm³/mol. The Morgan fingerprint density at radius 3 is 1.93 bits per heavy atom. The number of carboxylic acid groups (broad SMARTS) is 2. The maximum Gasteiger partial charge on any atom is 0.490 e. The van der Waals surface area contributed by atoms with Crippen molar-refractivity contribution in [3.63, 3.8) is 0 Å². The zero-order valence-electron chi connectivity index (χ0n) is 23.5. The third-order valence-electron chi connectivity index (χ3n) is 6.69. The van der Waals surface area contributed by atoms with Crippen molar-refractivity contribution in [1.82, 2.24) is 9.80 Å². The average molecular weight is 619 g/mol. The summed E-state index contributed by atoms with van der Waals surface area (Å²) in [6.07, 6.45) is -8.25. The zero-order valence-corrected chi connectivity index (χ0v) is 23.5. The van der Waals surface area contributed by atoms with Gasteiger partial charge in [-0.05, 0) is 44.0 Å². The second-order valence-corrected chi connectivity index (χ2v) is 9.59. The fourth-order valence-corrected chi connectivity index (χ4v) is 4.75. The number of hydrogen-bond acceptors (Lipinski definition) is 8. The molecule has 0 radical (unpaired) electrons. The molecule has 2 fully saturated rings. The van der Waals surface area contributed by atoms with Crippen molar-refractivity contribution >= 4 is 17.9 Å². The van der Waals surface area contributed by atoms with Gasteiger partial charge in [0.2, 0.25) is 0 Å². The number of carbonyl (C=O) groups excluding carboxylic acids is 1. The van der Waals surface area contributed by atoms with Gasteiger partial charge in [0.25, 0.3) is 0 Å². The van der Waals surface area contributed by atoms with E-state index >= 15 is 0 Å². The SMILES string of the molecule is CCOC(=O)[C@]12CCCN(Cc3ccc(OC)cc3)C[C@H]1CN(CCOC)C2.O=C(O)C(F)(F)F.O=C(O)C(F)(F)F. The molecular weight excluding hydrogens is 582 g/mol. The Morgan fingerprint density at radius 2 is 1.48 bits per heavy atom. The fraction of sp³-hybridized carbons (Fsp3) is 0.654. The van der Waals surface area contributed by atoms with E-state index in [0.29, 0.717) is 19.1 Å². The summed E-state index contributed by atoms with van der Waals surface area (Å²) in [4.78, 5) is 35.7. The number of nitrogens with zero attached hydrogens (tertiary/aromatic N) is 2. The van der Waals surface area contributed by atoms with Crippen LogP contribution in [0.15, 0.2) is 24.3 Å². The Bertz CT molecular complexity index is 982. The van der Waals surface area contributed by atoms with E-state index in [4.69, 9.17) is 34.0 Å². The molecule has 1 aromatic rings. The van der Waals surface area contributed by atoms with E-state index in [0.717, 1.165) is 57.9 Å². The molecular formula is C26H36F6N2O8. The molecule has 2 aliphatic rings. The molecule has 2 atom stereocenters. The smallest absolute Gasteiger partial charge is 0.490 e. The number of carboxylic acids is 2. The van der Waals surface area contributed by atoms with E-state index in [2.05, 4.69) is 21.9 Å². The van der Waals surface area contributed by atoms with Gasteiger partial charge in [-0.1, -0.05) is 12.1 Å². The lowest BCUT2D eigenvalue weighted by atomic mass is 9.75. The lowest BCUT2D eigenvalue weighted by Crippen LogP contribution is -2.42. The van der Waals surface area contributed by atoms with E-state index in [1.165, 1.54) is 5.56 Å². The summed E-state index contributed by atoms with van der Waals surface area (Å²) in [5, 5.41) is 14.2. The van der Waals surface area contributed by atoms with Crippen LogP contribution in [0.2, 0.25) is 0 Å². The molecule has 0 spiro atoms. The van der Waals surface area contributed by atoms with Crippen LogP contribution in [0.25, 0.3) is 0 Å². The topological polar surface area (TPSA) is 126 Å². The number of likely N-dealkylation sites (tertiary alicyclic amines) is 2. The van der Waals surface area contributed by atoms with Gasteiger partial charge in [-0.2, -0.15) is 26.3 Å². The van der Waals surface area contributed by atoms with E-state index in [9.17, 15) is 31.1 Å². The van der Waals surface area contributed by atoms with Crippen LogP contribution in [-0.4, -0.2) is 110 Å². The van der Waals surface area contributed by atoms with Crippen LogP contribution in [-0.2, 0) is 30.4 Å². The molecule has 0 bridgehead atoms. The summed E-state index contributed by atoms with van der Waals surface area (Å²) in [6.45, 7) is 8.47. The summed E-state index contributed by atoms with van der Waals surface area (Å²) in [5.74, 6) is -4.35. The first-order valence-corrected chi connectivity index (χ1v) is 12.8. The number of rotatable bonds is 8. The van der Waals surface area contributed by atoms with Gasteiger partial charge in [0, 0.05) is 45.8 Å². The second-order valence-electron chi connectivity index (χ2n) is 9.59. The Balaban J connectivity index is 0.000000522. The van der Waals surface area contributed by atoms with Crippen LogP contribution in [0.4, 0.5) is 26.3 Å². The first-order chi connectivity index (χ1) is 19.5. The minimum Gasteiger partial charge on any atom is -0.497 e. The highest BCUT2D eigenvalue weighted by atomic mass is 19.4. The molecule has 0 amide bonds. The molecule has 3 rings (SSSR count). The lowest BCUT2D eigenvalue weighted by molar-refractivity contribution is -0.193. The van der Waals surface area contributed by atoms with Gasteiger partial charge >= 0.3 is 30.3 Å². The van der Waals surface area contributed by atoms with E-state index in [1.807, 2.05) is 19.1 Å². The quantitative estimate of drug-likeness (QED) is 0.329. The van der Waals surface area contributed by atoms with Crippen LogP contribution in [0.3, 0.4) is 0 Å². The molecule has 0 aliphatic carbocycles. The summed E-state index contributed by atoms with van der Waals surface area (Å²) >= 11 is 0. The molecule has 240 valence electrons. The molecule has 2 heterocycles. The molecule has 0 unspecified atom stereocenters. The first kappa shape index (κ1) is 36.9. The standard InChI is InChI=1S/C22H34N2O4.2C2HF3O2/c1-4-28-21(25)22-10-5-11-23(14-18-6-8-20(27-3)9-7-18)15-19(22)16-24(17-22)12-13-26-2;2*3-2(4,5)1(6)7/h6-9,19H,4-5,10-17H2,1-3H3;2*(H,6,7)/t19-,22-;;/m0../s1. The van der Waals surface area contributed by atoms with Crippen molar-refractivity contribution in [2.24, 2.45) is 11.3 Å². The van der Waals surface area contributed by atoms with Gasteiger partial charge in [0.05, 0.1) is 25.7 Å². The van der Waals surface area contributed by atoms with Gasteiger partial charge in [-0.15, -0.1) is 0 Å².